The maximum Gasteiger partial charge on any atom is 0.277 e. The molecule has 5 rings (SSSR count). The number of pyridine rings is 1. The molecule has 0 atom stereocenters. The van der Waals surface area contributed by atoms with Gasteiger partial charge in [0, 0.05) is 44.6 Å². The zero-order valence-corrected chi connectivity index (χ0v) is 22.3. The fourth-order valence-corrected chi connectivity index (χ4v) is 5.05. The second kappa shape index (κ2) is 9.57. The summed E-state index contributed by atoms with van der Waals surface area (Å²) in [6.07, 6.45) is 1.93. The van der Waals surface area contributed by atoms with Gasteiger partial charge in [-0.05, 0) is 44.0 Å². The van der Waals surface area contributed by atoms with Gasteiger partial charge in [0.15, 0.2) is 0 Å². The number of carbonyl (C=O) groups is 1. The number of hydrogen-bond donors (Lipinski definition) is 1. The van der Waals surface area contributed by atoms with Crippen LogP contribution in [0.1, 0.15) is 29.9 Å². The first-order chi connectivity index (χ1) is 17.9. The lowest BCUT2D eigenvalue weighted by atomic mass is 10.1. The van der Waals surface area contributed by atoms with Crippen molar-refractivity contribution in [1.29, 1.82) is 0 Å². The van der Waals surface area contributed by atoms with E-state index in [0.29, 0.717) is 39.8 Å². The number of anilines is 3. The van der Waals surface area contributed by atoms with E-state index in [1.165, 1.54) is 7.05 Å². The molecule has 0 saturated heterocycles. The molecule has 9 nitrogen and oxygen atoms in total. The van der Waals surface area contributed by atoms with E-state index in [-0.39, 0.29) is 35.9 Å². The van der Waals surface area contributed by atoms with E-state index in [9.17, 15) is 22.0 Å². The third kappa shape index (κ3) is 5.17. The summed E-state index contributed by atoms with van der Waals surface area (Å²) in [5.74, 6) is 0.768. The van der Waals surface area contributed by atoms with Crippen molar-refractivity contribution in [1.82, 2.24) is 14.5 Å². The fraction of sp³-hybridized carbons (Fsp3) is 0.385. The van der Waals surface area contributed by atoms with Crippen molar-refractivity contribution in [3.63, 3.8) is 0 Å². The monoisotopic (exact) mass is 542 g/mol. The average Bonchev–Trinajstić information content (AvgIpc) is 3.51. The number of aryl methyl sites for hydroxylation is 2. The highest BCUT2D eigenvalue weighted by molar-refractivity contribution is 7.92. The van der Waals surface area contributed by atoms with Crippen molar-refractivity contribution < 1.29 is 22.0 Å². The Hall–Kier alpha value is -3.67. The Morgan fingerprint density at radius 1 is 1.21 bits per heavy atom. The Kier molecular flexibility index (Phi) is 6.54. The summed E-state index contributed by atoms with van der Waals surface area (Å²) < 4.78 is 55.1. The fourth-order valence-electron chi connectivity index (χ4n) is 4.54. The topological polar surface area (TPSA) is 110 Å². The van der Waals surface area contributed by atoms with Crippen molar-refractivity contribution >= 4 is 44.3 Å². The molecule has 2 aliphatic rings. The number of imidazole rings is 1. The van der Waals surface area contributed by atoms with Crippen LogP contribution in [0.3, 0.4) is 0 Å². The molecular weight excluding hydrogens is 514 g/mol. The number of Topliss-reactive ketones (excluding diaryl/α,β-unsaturated/α-hetero) is 1. The second-order valence-corrected chi connectivity index (χ2v) is 11.9. The van der Waals surface area contributed by atoms with Crippen LogP contribution in [0.5, 0.6) is 0 Å². The third-order valence-electron chi connectivity index (χ3n) is 6.72. The number of carbonyl (C=O) groups excluding carboxylic acids is 1. The Labute approximate surface area is 219 Å². The van der Waals surface area contributed by atoms with Crippen molar-refractivity contribution in [2.24, 2.45) is 18.0 Å². The van der Waals surface area contributed by atoms with E-state index < -0.39 is 16.4 Å². The zero-order valence-electron chi connectivity index (χ0n) is 21.5. The van der Waals surface area contributed by atoms with E-state index in [1.54, 1.807) is 24.3 Å². The molecule has 38 heavy (non-hydrogen) atoms. The van der Waals surface area contributed by atoms with Crippen molar-refractivity contribution in [2.75, 3.05) is 22.9 Å². The maximum absolute atomic E-state index is 13.5. The minimum Gasteiger partial charge on any atom is -0.352 e. The number of fused-ring (bicyclic) bond motifs is 1. The van der Waals surface area contributed by atoms with Crippen LogP contribution in [0.15, 0.2) is 35.5 Å². The lowest BCUT2D eigenvalue weighted by Crippen LogP contribution is -2.25. The molecule has 0 spiro atoms. The summed E-state index contributed by atoms with van der Waals surface area (Å²) >= 11 is 0. The minimum absolute atomic E-state index is 0.0339. The number of benzene rings is 1. The Morgan fingerprint density at radius 2 is 1.95 bits per heavy atom. The second-order valence-electron chi connectivity index (χ2n) is 9.86. The number of hydrogen-bond acceptors (Lipinski definition) is 7. The number of aromatic nitrogens is 3. The molecule has 3 aromatic rings. The number of nitrogens with zero attached hydrogens (tertiary/aromatic N) is 5. The van der Waals surface area contributed by atoms with Crippen LogP contribution < -0.4 is 9.62 Å². The van der Waals surface area contributed by atoms with Gasteiger partial charge in [-0.25, -0.2) is 27.2 Å². The quantitative estimate of drug-likeness (QED) is 0.431. The van der Waals surface area contributed by atoms with Crippen molar-refractivity contribution in [2.45, 2.75) is 39.0 Å². The first kappa shape index (κ1) is 26.0. The predicted molar refractivity (Wildman–Crippen MR) is 142 cm³/mol. The van der Waals surface area contributed by atoms with Crippen LogP contribution in [-0.4, -0.2) is 54.2 Å². The van der Waals surface area contributed by atoms with Crippen molar-refractivity contribution in [3.05, 3.63) is 47.5 Å². The molecule has 2 aromatic heterocycles. The van der Waals surface area contributed by atoms with E-state index in [1.807, 2.05) is 24.7 Å². The molecule has 1 aliphatic carbocycles. The summed E-state index contributed by atoms with van der Waals surface area (Å²) in [4.78, 5) is 25.6. The first-order valence-corrected chi connectivity index (χ1v) is 14.0. The number of alkyl halides is 2. The van der Waals surface area contributed by atoms with Gasteiger partial charge < -0.3 is 9.88 Å². The highest BCUT2D eigenvalue weighted by Gasteiger charge is 2.31. The number of halogens is 2. The minimum atomic E-state index is -3.65. The Morgan fingerprint density at radius 3 is 2.55 bits per heavy atom. The van der Waals surface area contributed by atoms with Gasteiger partial charge in [-0.1, -0.05) is 0 Å². The van der Waals surface area contributed by atoms with Gasteiger partial charge in [-0.2, -0.15) is 0 Å². The lowest BCUT2D eigenvalue weighted by Gasteiger charge is -2.22. The summed E-state index contributed by atoms with van der Waals surface area (Å²) in [6, 6.07) is 6.86. The lowest BCUT2D eigenvalue weighted by molar-refractivity contribution is -0.119. The van der Waals surface area contributed by atoms with Gasteiger partial charge in [-0.3, -0.25) is 14.1 Å². The number of nitrogens with one attached hydrogen (secondary N) is 1. The Balaban J connectivity index is 1.59. The molecular formula is C26H28F2N6O3S. The van der Waals surface area contributed by atoms with Crippen LogP contribution in [0, 0.1) is 12.8 Å². The van der Waals surface area contributed by atoms with E-state index >= 15 is 0 Å². The predicted octanol–water partition coefficient (Wildman–Crippen LogP) is 4.35. The zero-order chi connectivity index (χ0) is 27.4. The van der Waals surface area contributed by atoms with Gasteiger partial charge in [0.2, 0.25) is 10.0 Å². The molecule has 1 fully saturated rings. The summed E-state index contributed by atoms with van der Waals surface area (Å²) in [7, 11) is -0.361. The number of aliphatic imine (C=N–C) groups is 1. The average molecular weight is 543 g/mol. The normalized spacial score (nSPS) is 15.0. The molecule has 0 bridgehead atoms. The van der Waals surface area contributed by atoms with Gasteiger partial charge in [0.05, 0.1) is 46.1 Å². The van der Waals surface area contributed by atoms with Crippen LogP contribution in [0.25, 0.3) is 11.4 Å². The maximum atomic E-state index is 13.5. The summed E-state index contributed by atoms with van der Waals surface area (Å²) in [5, 5.41) is 3.21. The van der Waals surface area contributed by atoms with E-state index in [0.717, 1.165) is 29.1 Å². The molecule has 0 radical (unpaired) electrons. The smallest absolute Gasteiger partial charge is 0.277 e. The number of sulfonamides is 1. The third-order valence-corrected chi connectivity index (χ3v) is 7.91. The highest BCUT2D eigenvalue weighted by Crippen LogP contribution is 2.41. The molecule has 0 amide bonds. The van der Waals surface area contributed by atoms with Gasteiger partial charge >= 0.3 is 0 Å². The molecule has 1 aromatic carbocycles. The summed E-state index contributed by atoms with van der Waals surface area (Å²) in [5.41, 5.74) is 3.45. The van der Waals surface area contributed by atoms with Gasteiger partial charge in [0.1, 0.15) is 17.3 Å². The van der Waals surface area contributed by atoms with Gasteiger partial charge in [-0.15, -0.1) is 0 Å². The van der Waals surface area contributed by atoms with Crippen LogP contribution in [0.4, 0.5) is 31.5 Å². The molecule has 3 heterocycles. The van der Waals surface area contributed by atoms with E-state index in [2.05, 4.69) is 20.3 Å². The Bertz CT molecular complexity index is 1580. The molecule has 1 N–H and O–H groups in total. The summed E-state index contributed by atoms with van der Waals surface area (Å²) in [6.45, 7) is 1.87. The number of ketones is 1. The molecule has 0 unspecified atom stereocenters. The first-order valence-electron chi connectivity index (χ1n) is 12.2. The van der Waals surface area contributed by atoms with E-state index in [4.69, 9.17) is 0 Å². The number of rotatable bonds is 9. The van der Waals surface area contributed by atoms with Crippen LogP contribution in [0.2, 0.25) is 0 Å². The molecule has 1 aliphatic heterocycles. The van der Waals surface area contributed by atoms with Crippen LogP contribution in [-0.2, 0) is 34.7 Å². The SMILES string of the molecule is Cc1cn(C)c(-c2ccc(Nc3cc(CC(=O)C4CC4)nc4c3N=C(C(F)F)C4)c(N(C)S(C)(=O)=O)c2)n1. The largest absolute Gasteiger partial charge is 0.352 e. The molecule has 1 saturated carbocycles. The standard InChI is InChI=1S/C26H28F2N6O3S/c1-14-13-33(2)26(29-14)16-7-8-18(22(9-16)34(3)38(4,36)37)31-19-10-17(11-23(35)15-5-6-15)30-20-12-21(25(27)28)32-24(19)20/h7-10,13,15,25H,5-6,11-12H2,1-4H3,(H,30,31). The molecule has 200 valence electrons. The molecule has 12 heteroatoms. The highest BCUT2D eigenvalue weighted by atomic mass is 32.2. The van der Waals surface area contributed by atoms with Crippen LogP contribution >= 0.6 is 0 Å². The van der Waals surface area contributed by atoms with Gasteiger partial charge in [0.25, 0.3) is 6.43 Å². The van der Waals surface area contributed by atoms with Crippen molar-refractivity contribution in [3.8, 4) is 11.4 Å².